The van der Waals surface area contributed by atoms with Crippen LogP contribution >= 0.6 is 0 Å². The van der Waals surface area contributed by atoms with E-state index in [0.29, 0.717) is 12.2 Å². The van der Waals surface area contributed by atoms with E-state index in [-0.39, 0.29) is 10.9 Å². The highest BCUT2D eigenvalue weighted by atomic mass is 32.2. The van der Waals surface area contributed by atoms with Crippen LogP contribution in [-0.2, 0) is 14.8 Å². The van der Waals surface area contributed by atoms with Crippen molar-refractivity contribution in [2.24, 2.45) is 0 Å². The molecule has 0 saturated carbocycles. The van der Waals surface area contributed by atoms with Gasteiger partial charge in [-0.05, 0) is 88.6 Å². The number of carbonyl (C=O) groups is 1. The van der Waals surface area contributed by atoms with Crippen molar-refractivity contribution in [2.45, 2.75) is 57.1 Å². The summed E-state index contributed by atoms with van der Waals surface area (Å²) in [7, 11) is -3.88. The van der Waals surface area contributed by atoms with E-state index in [0.717, 1.165) is 58.1 Å². The third-order valence-electron chi connectivity index (χ3n) is 7.62. The molecule has 4 heterocycles. The van der Waals surface area contributed by atoms with Crippen molar-refractivity contribution in [3.8, 4) is 11.1 Å². The number of amides is 1. The molecule has 1 unspecified atom stereocenters. The van der Waals surface area contributed by atoms with Gasteiger partial charge in [-0.25, -0.2) is 22.2 Å². The Hall–Kier alpha value is -4.44. The summed E-state index contributed by atoms with van der Waals surface area (Å²) in [6, 6.07) is 18.5. The zero-order valence-corrected chi connectivity index (χ0v) is 25.6. The molecular formula is C33H35N5O4S. The first-order valence-electron chi connectivity index (χ1n) is 14.4. The molecule has 1 aliphatic heterocycles. The molecule has 222 valence electrons. The lowest BCUT2D eigenvalue weighted by Crippen LogP contribution is -2.49. The monoisotopic (exact) mass is 597 g/mol. The van der Waals surface area contributed by atoms with Gasteiger partial charge in [-0.15, -0.1) is 0 Å². The topological polar surface area (TPSA) is 106 Å². The normalized spacial score (nSPS) is 16.0. The van der Waals surface area contributed by atoms with E-state index in [1.165, 1.54) is 3.97 Å². The first-order valence-corrected chi connectivity index (χ1v) is 15.9. The van der Waals surface area contributed by atoms with Gasteiger partial charge in [0.05, 0.1) is 10.4 Å². The molecule has 43 heavy (non-hydrogen) atoms. The Morgan fingerprint density at radius 2 is 1.79 bits per heavy atom. The molecule has 1 fully saturated rings. The van der Waals surface area contributed by atoms with Crippen molar-refractivity contribution in [2.75, 3.05) is 18.0 Å². The summed E-state index contributed by atoms with van der Waals surface area (Å²) in [5, 5.41) is 4.72. The van der Waals surface area contributed by atoms with Gasteiger partial charge in [0.2, 0.25) is 0 Å². The number of aryl methyl sites for hydroxylation is 1. The number of alkyl carbamates (subject to hydrolysis) is 1. The van der Waals surface area contributed by atoms with Crippen molar-refractivity contribution < 1.29 is 17.9 Å². The molecule has 1 N–H and O–H groups in total. The second-order valence-corrected chi connectivity index (χ2v) is 13.8. The number of piperidine rings is 1. The van der Waals surface area contributed by atoms with Gasteiger partial charge in [0.15, 0.2) is 5.65 Å². The number of nitrogens with one attached hydrogen (secondary N) is 1. The number of rotatable bonds is 5. The summed E-state index contributed by atoms with van der Waals surface area (Å²) in [4.78, 5) is 24.0. The lowest BCUT2D eigenvalue weighted by atomic mass is 10.0. The molecule has 6 rings (SSSR count). The van der Waals surface area contributed by atoms with Crippen LogP contribution in [0.3, 0.4) is 0 Å². The van der Waals surface area contributed by atoms with E-state index in [4.69, 9.17) is 4.74 Å². The van der Waals surface area contributed by atoms with Crippen molar-refractivity contribution in [3.63, 3.8) is 0 Å². The second kappa shape index (κ2) is 11.0. The van der Waals surface area contributed by atoms with E-state index in [2.05, 4.69) is 26.3 Å². The lowest BCUT2D eigenvalue weighted by molar-refractivity contribution is 0.0500. The Morgan fingerprint density at radius 3 is 2.56 bits per heavy atom. The molecule has 1 atom stereocenters. The fourth-order valence-corrected chi connectivity index (χ4v) is 6.96. The van der Waals surface area contributed by atoms with Crippen LogP contribution in [0.4, 0.5) is 10.5 Å². The lowest BCUT2D eigenvalue weighted by Gasteiger charge is -2.35. The maximum absolute atomic E-state index is 13.7. The molecule has 0 aliphatic carbocycles. The van der Waals surface area contributed by atoms with Gasteiger partial charge in [-0.1, -0.05) is 23.8 Å². The third kappa shape index (κ3) is 5.79. The molecule has 1 saturated heterocycles. The standard InChI is InChI=1S/C33H35N5O4S/c1-22-9-12-25(13-10-22)43(40,41)38-21-28(26-8-5-16-35-31(26)38)23-11-14-29-27(19-23)30(15-17-34-29)37-18-6-7-24(20-37)36-32(39)42-33(2,3)4/h5,8-17,19,21,24H,6-7,18,20H2,1-4H3,(H,36,39). The van der Waals surface area contributed by atoms with Crippen molar-refractivity contribution >= 4 is 43.7 Å². The minimum atomic E-state index is -3.88. The zero-order valence-electron chi connectivity index (χ0n) is 24.7. The van der Waals surface area contributed by atoms with Crippen LogP contribution in [0.15, 0.2) is 84.1 Å². The average Bonchev–Trinajstić information content (AvgIpc) is 3.37. The Balaban J connectivity index is 1.38. The van der Waals surface area contributed by atoms with Gasteiger partial charge >= 0.3 is 6.09 Å². The van der Waals surface area contributed by atoms with Gasteiger partial charge in [-0.3, -0.25) is 4.98 Å². The maximum Gasteiger partial charge on any atom is 0.407 e. The highest BCUT2D eigenvalue weighted by Crippen LogP contribution is 2.36. The number of pyridine rings is 2. The van der Waals surface area contributed by atoms with Crippen LogP contribution in [0.5, 0.6) is 0 Å². The second-order valence-electron chi connectivity index (χ2n) is 12.0. The Morgan fingerprint density at radius 1 is 1.00 bits per heavy atom. The average molecular weight is 598 g/mol. The zero-order chi connectivity index (χ0) is 30.4. The number of nitrogens with zero attached hydrogens (tertiary/aromatic N) is 4. The quantitative estimate of drug-likeness (QED) is 0.254. The molecule has 9 nitrogen and oxygen atoms in total. The van der Waals surface area contributed by atoms with Crippen molar-refractivity contribution in [1.29, 1.82) is 0 Å². The number of hydrogen-bond donors (Lipinski definition) is 1. The van der Waals surface area contributed by atoms with Crippen LogP contribution in [0.25, 0.3) is 33.1 Å². The number of benzene rings is 2. The third-order valence-corrected chi connectivity index (χ3v) is 9.29. The molecule has 10 heteroatoms. The number of fused-ring (bicyclic) bond motifs is 2. The summed E-state index contributed by atoms with van der Waals surface area (Å²) in [6.07, 6.45) is 6.43. The van der Waals surface area contributed by atoms with Gasteiger partial charge in [0, 0.05) is 59.7 Å². The molecule has 0 spiro atoms. The Labute approximate surface area is 251 Å². The molecule has 5 aromatic rings. The van der Waals surface area contributed by atoms with Crippen LogP contribution in [0, 0.1) is 6.92 Å². The number of anilines is 1. The van der Waals surface area contributed by atoms with Crippen LogP contribution < -0.4 is 10.2 Å². The fraction of sp³-hybridized carbons (Fsp3) is 0.303. The number of aromatic nitrogens is 3. The molecule has 0 bridgehead atoms. The molecule has 2 aromatic carbocycles. The molecule has 3 aromatic heterocycles. The summed E-state index contributed by atoms with van der Waals surface area (Å²) in [6.45, 7) is 8.96. The largest absolute Gasteiger partial charge is 0.444 e. The molecular weight excluding hydrogens is 562 g/mol. The van der Waals surface area contributed by atoms with Crippen molar-refractivity contribution in [3.05, 3.63) is 84.8 Å². The Kier molecular flexibility index (Phi) is 7.33. The summed E-state index contributed by atoms with van der Waals surface area (Å²) in [5.41, 5.74) is 4.26. The Bertz CT molecular complexity index is 1930. The molecule has 1 aliphatic rings. The summed E-state index contributed by atoms with van der Waals surface area (Å²) >= 11 is 0. The number of ether oxygens (including phenoxy) is 1. The van der Waals surface area contributed by atoms with E-state index < -0.39 is 21.7 Å². The maximum atomic E-state index is 13.7. The molecule has 1 amide bonds. The van der Waals surface area contributed by atoms with Crippen LogP contribution in [-0.4, -0.2) is 53.2 Å². The van der Waals surface area contributed by atoms with E-state index in [1.54, 1.807) is 42.9 Å². The molecule has 0 radical (unpaired) electrons. The minimum absolute atomic E-state index is 0.0500. The van der Waals surface area contributed by atoms with Crippen LogP contribution in [0.2, 0.25) is 0 Å². The predicted octanol–water partition coefficient (Wildman–Crippen LogP) is 6.29. The minimum Gasteiger partial charge on any atom is -0.444 e. The smallest absolute Gasteiger partial charge is 0.407 e. The van der Waals surface area contributed by atoms with Crippen LogP contribution in [0.1, 0.15) is 39.2 Å². The number of carbonyl (C=O) groups excluding carboxylic acids is 1. The van der Waals surface area contributed by atoms with Gasteiger partial charge in [-0.2, -0.15) is 0 Å². The highest BCUT2D eigenvalue weighted by molar-refractivity contribution is 7.90. The van der Waals surface area contributed by atoms with Gasteiger partial charge in [0.25, 0.3) is 10.0 Å². The highest BCUT2D eigenvalue weighted by Gasteiger charge is 2.26. The first-order chi connectivity index (χ1) is 20.5. The van der Waals surface area contributed by atoms with Crippen molar-refractivity contribution in [1.82, 2.24) is 19.3 Å². The first kappa shape index (κ1) is 28.7. The fourth-order valence-electron chi connectivity index (χ4n) is 5.63. The SMILES string of the molecule is Cc1ccc(S(=O)(=O)n2cc(-c3ccc4nccc(N5CCCC(NC(=O)OC(C)(C)C)C5)c4c3)c3cccnc32)cc1. The predicted molar refractivity (Wildman–Crippen MR) is 169 cm³/mol. The van der Waals surface area contributed by atoms with E-state index in [1.807, 2.05) is 58.0 Å². The van der Waals surface area contributed by atoms with E-state index in [9.17, 15) is 13.2 Å². The van der Waals surface area contributed by atoms with Gasteiger partial charge in [0.1, 0.15) is 5.60 Å². The van der Waals surface area contributed by atoms with E-state index >= 15 is 0 Å². The van der Waals surface area contributed by atoms with Gasteiger partial charge < -0.3 is 15.0 Å². The summed E-state index contributed by atoms with van der Waals surface area (Å²) in [5.74, 6) is 0. The number of hydrogen-bond acceptors (Lipinski definition) is 7. The summed E-state index contributed by atoms with van der Waals surface area (Å²) < 4.78 is 34.2.